The van der Waals surface area contributed by atoms with Gasteiger partial charge in [0.25, 0.3) is 11.8 Å². The molecule has 1 N–H and O–H groups in total. The summed E-state index contributed by atoms with van der Waals surface area (Å²) in [5.41, 5.74) is 0.570. The van der Waals surface area contributed by atoms with Crippen molar-refractivity contribution in [1.82, 2.24) is 15.4 Å². The van der Waals surface area contributed by atoms with Gasteiger partial charge in [0.1, 0.15) is 5.82 Å². The highest BCUT2D eigenvalue weighted by Gasteiger charge is 2.20. The number of nitrogens with one attached hydrogen (secondary N) is 1. The van der Waals surface area contributed by atoms with Crippen LogP contribution < -0.4 is 5.32 Å². The minimum Gasteiger partial charge on any atom is -0.359 e. The molecule has 134 valence electrons. The summed E-state index contributed by atoms with van der Waals surface area (Å²) in [6.07, 6.45) is 0. The van der Waals surface area contributed by atoms with E-state index in [0.717, 1.165) is 0 Å². The summed E-state index contributed by atoms with van der Waals surface area (Å²) in [7, 11) is 0. The number of hydrogen-bond donors (Lipinski definition) is 1. The molecule has 0 aliphatic carbocycles. The Labute approximate surface area is 146 Å². The predicted octanol–water partition coefficient (Wildman–Crippen LogP) is 2.86. The molecule has 0 saturated carbocycles. The van der Waals surface area contributed by atoms with Crippen molar-refractivity contribution in [2.24, 2.45) is 5.92 Å². The Hall–Kier alpha value is -2.70. The highest BCUT2D eigenvalue weighted by Crippen LogP contribution is 2.14. The normalized spacial score (nSPS) is 10.8. The number of benzene rings is 1. The van der Waals surface area contributed by atoms with Gasteiger partial charge in [0.2, 0.25) is 0 Å². The molecule has 0 bridgehead atoms. The van der Waals surface area contributed by atoms with Crippen molar-refractivity contribution in [2.45, 2.75) is 27.3 Å². The van der Waals surface area contributed by atoms with Crippen LogP contribution in [0.5, 0.6) is 0 Å². The smallest absolute Gasteiger partial charge is 0.273 e. The maximum absolute atomic E-state index is 13.1. The van der Waals surface area contributed by atoms with Gasteiger partial charge in [-0.25, -0.2) is 4.39 Å². The third-order valence-electron chi connectivity index (χ3n) is 3.44. The van der Waals surface area contributed by atoms with Gasteiger partial charge in [0.15, 0.2) is 11.5 Å². The lowest BCUT2D eigenvalue weighted by atomic mass is 10.1. The number of carbonyl (C=O) groups is 2. The Morgan fingerprint density at radius 1 is 1.28 bits per heavy atom. The monoisotopic (exact) mass is 347 g/mol. The highest BCUT2D eigenvalue weighted by molar-refractivity contribution is 5.94. The average Bonchev–Trinajstić information content (AvgIpc) is 3.03. The van der Waals surface area contributed by atoms with Crippen LogP contribution in [0.1, 0.15) is 47.4 Å². The first kappa shape index (κ1) is 18.6. The summed E-state index contributed by atoms with van der Waals surface area (Å²) in [6, 6.07) is 6.93. The number of rotatable bonds is 7. The molecule has 0 radical (unpaired) electrons. The molecule has 0 spiro atoms. The standard InChI is InChI=1S/C18H22FN3O3/c1-4-20-17(23)16-9-15(25-21-16)11-22(10-12(2)3)18(24)13-5-7-14(19)8-6-13/h5-9,12H,4,10-11H2,1-3H3,(H,20,23). The fourth-order valence-electron chi connectivity index (χ4n) is 2.37. The molecule has 2 aromatic rings. The lowest BCUT2D eigenvalue weighted by Gasteiger charge is -2.23. The molecule has 0 aliphatic heterocycles. The van der Waals surface area contributed by atoms with E-state index in [1.165, 1.54) is 30.3 Å². The number of hydrogen-bond acceptors (Lipinski definition) is 4. The van der Waals surface area contributed by atoms with E-state index in [-0.39, 0.29) is 30.0 Å². The Morgan fingerprint density at radius 2 is 1.96 bits per heavy atom. The fraction of sp³-hybridized carbons (Fsp3) is 0.389. The molecule has 7 heteroatoms. The molecule has 25 heavy (non-hydrogen) atoms. The van der Waals surface area contributed by atoms with E-state index in [1.54, 1.807) is 4.90 Å². The summed E-state index contributed by atoms with van der Waals surface area (Å²) in [6.45, 7) is 6.96. The second-order valence-corrected chi connectivity index (χ2v) is 6.12. The van der Waals surface area contributed by atoms with Crippen LogP contribution >= 0.6 is 0 Å². The zero-order valence-electron chi connectivity index (χ0n) is 14.6. The minimum absolute atomic E-state index is 0.176. The predicted molar refractivity (Wildman–Crippen MR) is 90.5 cm³/mol. The van der Waals surface area contributed by atoms with Crippen LogP contribution in [0, 0.1) is 11.7 Å². The maximum Gasteiger partial charge on any atom is 0.273 e. The van der Waals surface area contributed by atoms with Crippen molar-refractivity contribution in [3.63, 3.8) is 0 Å². The van der Waals surface area contributed by atoms with Gasteiger partial charge >= 0.3 is 0 Å². The van der Waals surface area contributed by atoms with Gasteiger partial charge in [-0.05, 0) is 37.1 Å². The Bertz CT molecular complexity index is 725. The SMILES string of the molecule is CCNC(=O)c1cc(CN(CC(C)C)C(=O)c2ccc(F)cc2)on1. The first-order valence-corrected chi connectivity index (χ1v) is 8.19. The number of halogens is 1. The van der Waals surface area contributed by atoms with Gasteiger partial charge in [-0.3, -0.25) is 9.59 Å². The first-order valence-electron chi connectivity index (χ1n) is 8.19. The molecule has 0 atom stereocenters. The first-order chi connectivity index (χ1) is 11.9. The second kappa shape index (κ2) is 8.41. The molecule has 1 heterocycles. The van der Waals surface area contributed by atoms with Crippen LogP contribution in [0.4, 0.5) is 4.39 Å². The molecule has 1 aromatic carbocycles. The van der Waals surface area contributed by atoms with Gasteiger partial charge in [-0.1, -0.05) is 19.0 Å². The molecule has 0 aliphatic rings. The van der Waals surface area contributed by atoms with Crippen molar-refractivity contribution in [3.8, 4) is 0 Å². The van der Waals surface area contributed by atoms with Gasteiger partial charge in [-0.2, -0.15) is 0 Å². The minimum atomic E-state index is -0.395. The van der Waals surface area contributed by atoms with E-state index < -0.39 is 5.82 Å². The van der Waals surface area contributed by atoms with E-state index in [4.69, 9.17) is 4.52 Å². The Balaban J connectivity index is 2.16. The van der Waals surface area contributed by atoms with E-state index in [1.807, 2.05) is 20.8 Å². The molecular formula is C18H22FN3O3. The van der Waals surface area contributed by atoms with Crippen molar-refractivity contribution in [2.75, 3.05) is 13.1 Å². The van der Waals surface area contributed by atoms with Crippen molar-refractivity contribution < 1.29 is 18.5 Å². The van der Waals surface area contributed by atoms with Crippen LogP contribution in [-0.4, -0.2) is 35.0 Å². The van der Waals surface area contributed by atoms with Crippen LogP contribution in [0.2, 0.25) is 0 Å². The van der Waals surface area contributed by atoms with E-state index in [2.05, 4.69) is 10.5 Å². The summed E-state index contributed by atoms with van der Waals surface area (Å²) in [5, 5.41) is 6.37. The molecule has 2 rings (SSSR count). The molecule has 2 amide bonds. The molecule has 0 unspecified atom stereocenters. The summed E-state index contributed by atoms with van der Waals surface area (Å²) in [4.78, 5) is 26.1. The largest absolute Gasteiger partial charge is 0.359 e. The van der Waals surface area contributed by atoms with E-state index in [9.17, 15) is 14.0 Å². The zero-order chi connectivity index (χ0) is 18.4. The second-order valence-electron chi connectivity index (χ2n) is 6.12. The molecule has 1 aromatic heterocycles. The average molecular weight is 347 g/mol. The lowest BCUT2D eigenvalue weighted by molar-refractivity contribution is 0.0705. The van der Waals surface area contributed by atoms with E-state index >= 15 is 0 Å². The van der Waals surface area contributed by atoms with Gasteiger partial charge in [-0.15, -0.1) is 0 Å². The molecule has 6 nitrogen and oxygen atoms in total. The van der Waals surface area contributed by atoms with Crippen molar-refractivity contribution in [3.05, 3.63) is 53.2 Å². The maximum atomic E-state index is 13.1. The quantitative estimate of drug-likeness (QED) is 0.836. The van der Waals surface area contributed by atoms with E-state index in [0.29, 0.717) is 24.4 Å². The molecule has 0 fully saturated rings. The van der Waals surface area contributed by atoms with Crippen LogP contribution in [0.15, 0.2) is 34.9 Å². The van der Waals surface area contributed by atoms with Gasteiger partial charge < -0.3 is 14.7 Å². The summed E-state index contributed by atoms with van der Waals surface area (Å²) in [5.74, 6) is -0.302. The number of amides is 2. The summed E-state index contributed by atoms with van der Waals surface area (Å²) < 4.78 is 18.2. The van der Waals surface area contributed by atoms with Crippen LogP contribution in [0.3, 0.4) is 0 Å². The Kier molecular flexibility index (Phi) is 6.27. The number of aromatic nitrogens is 1. The van der Waals surface area contributed by atoms with Crippen molar-refractivity contribution in [1.29, 1.82) is 0 Å². The molecule has 0 saturated heterocycles. The Morgan fingerprint density at radius 3 is 2.56 bits per heavy atom. The van der Waals surface area contributed by atoms with Gasteiger partial charge in [0.05, 0.1) is 6.54 Å². The number of carbonyl (C=O) groups excluding carboxylic acids is 2. The topological polar surface area (TPSA) is 75.4 Å². The fourth-order valence-corrected chi connectivity index (χ4v) is 2.37. The summed E-state index contributed by atoms with van der Waals surface area (Å²) >= 11 is 0. The third kappa shape index (κ3) is 5.14. The zero-order valence-corrected chi connectivity index (χ0v) is 14.6. The molecular weight excluding hydrogens is 325 g/mol. The third-order valence-corrected chi connectivity index (χ3v) is 3.44. The van der Waals surface area contributed by atoms with Crippen molar-refractivity contribution >= 4 is 11.8 Å². The highest BCUT2D eigenvalue weighted by atomic mass is 19.1. The van der Waals surface area contributed by atoms with Gasteiger partial charge in [0, 0.05) is 24.7 Å². The van der Waals surface area contributed by atoms with Crippen LogP contribution in [0.25, 0.3) is 0 Å². The van der Waals surface area contributed by atoms with Crippen LogP contribution in [-0.2, 0) is 6.54 Å². The lowest BCUT2D eigenvalue weighted by Crippen LogP contribution is -2.33. The number of nitrogens with zero attached hydrogens (tertiary/aromatic N) is 2.